The number of carbonyl (C=O) groups excluding carboxylic acids is 2. The van der Waals surface area contributed by atoms with Crippen molar-refractivity contribution in [2.24, 2.45) is 0 Å². The van der Waals surface area contributed by atoms with Gasteiger partial charge in [-0.1, -0.05) is 48.5 Å². The molecular weight excluding hydrogens is 454 g/mol. The highest BCUT2D eigenvalue weighted by atomic mass is 16.5. The zero-order valence-corrected chi connectivity index (χ0v) is 21.1. The van der Waals surface area contributed by atoms with E-state index in [2.05, 4.69) is 0 Å². The molecule has 0 saturated heterocycles. The van der Waals surface area contributed by atoms with Crippen LogP contribution in [0, 0.1) is 13.8 Å². The van der Waals surface area contributed by atoms with E-state index < -0.39 is 17.7 Å². The fourth-order valence-electron chi connectivity index (χ4n) is 4.62. The molecule has 1 N–H and O–H groups in total. The van der Waals surface area contributed by atoms with Gasteiger partial charge in [0, 0.05) is 12.1 Å². The zero-order chi connectivity index (χ0) is 25.8. The number of amides is 1. The van der Waals surface area contributed by atoms with Gasteiger partial charge in [0.1, 0.15) is 0 Å². The van der Waals surface area contributed by atoms with Gasteiger partial charge in [-0.15, -0.1) is 0 Å². The van der Waals surface area contributed by atoms with E-state index in [0.717, 1.165) is 16.7 Å². The van der Waals surface area contributed by atoms with Crippen molar-refractivity contribution < 1.29 is 24.2 Å². The second kappa shape index (κ2) is 10.7. The molecule has 0 fully saturated rings. The van der Waals surface area contributed by atoms with Gasteiger partial charge in [0.15, 0.2) is 23.0 Å². The Bertz CT molecular complexity index is 1310. The molecule has 1 aliphatic heterocycles. The van der Waals surface area contributed by atoms with E-state index in [4.69, 9.17) is 9.47 Å². The summed E-state index contributed by atoms with van der Waals surface area (Å²) in [5.41, 5.74) is 4.33. The van der Waals surface area contributed by atoms with Crippen molar-refractivity contribution >= 4 is 17.4 Å². The van der Waals surface area contributed by atoms with Crippen LogP contribution in [0.15, 0.2) is 78.1 Å². The first-order valence-corrected chi connectivity index (χ1v) is 12.1. The van der Waals surface area contributed by atoms with E-state index in [1.807, 2.05) is 69.3 Å². The Morgan fingerprint density at radius 2 is 1.75 bits per heavy atom. The van der Waals surface area contributed by atoms with E-state index in [0.29, 0.717) is 35.8 Å². The van der Waals surface area contributed by atoms with E-state index in [-0.39, 0.29) is 17.8 Å². The number of carbonyl (C=O) groups is 2. The number of benzene rings is 3. The molecule has 36 heavy (non-hydrogen) atoms. The molecule has 1 heterocycles. The van der Waals surface area contributed by atoms with E-state index in [9.17, 15) is 14.7 Å². The molecule has 0 radical (unpaired) electrons. The molecule has 3 aromatic rings. The molecule has 1 amide bonds. The number of Topliss-reactive ketones (excluding diaryl/α,β-unsaturated/α-hetero) is 1. The summed E-state index contributed by atoms with van der Waals surface area (Å²) >= 11 is 0. The number of nitrogens with zero attached hydrogens (tertiary/aromatic N) is 1. The number of ether oxygens (including phenoxy) is 2. The lowest BCUT2D eigenvalue weighted by Gasteiger charge is -2.29. The first kappa shape index (κ1) is 25.0. The highest BCUT2D eigenvalue weighted by molar-refractivity contribution is 6.16. The van der Waals surface area contributed by atoms with Crippen LogP contribution < -0.4 is 14.4 Å². The largest absolute Gasteiger partial charge is 0.503 e. The number of aliphatic hydroxyl groups is 1. The molecule has 0 aromatic heterocycles. The minimum Gasteiger partial charge on any atom is -0.503 e. The van der Waals surface area contributed by atoms with Crippen molar-refractivity contribution in [3.8, 4) is 11.5 Å². The topological polar surface area (TPSA) is 76.1 Å². The minimum absolute atomic E-state index is 0.101. The molecule has 0 spiro atoms. The maximum Gasteiger partial charge on any atom is 0.294 e. The maximum atomic E-state index is 13.6. The second-order valence-electron chi connectivity index (χ2n) is 8.81. The van der Waals surface area contributed by atoms with Crippen LogP contribution in [-0.4, -0.2) is 30.5 Å². The molecule has 186 valence electrons. The Labute approximate surface area is 211 Å². The Kier molecular flexibility index (Phi) is 7.44. The lowest BCUT2D eigenvalue weighted by molar-refractivity contribution is -0.118. The highest BCUT2D eigenvalue weighted by Crippen LogP contribution is 2.44. The normalized spacial score (nSPS) is 15.4. The minimum atomic E-state index is -0.800. The van der Waals surface area contributed by atoms with Crippen LogP contribution in [0.5, 0.6) is 11.5 Å². The molecule has 0 bridgehead atoms. The third kappa shape index (κ3) is 4.71. The summed E-state index contributed by atoms with van der Waals surface area (Å²) in [6.07, 6.45) is 0.677. The van der Waals surface area contributed by atoms with Gasteiger partial charge in [0.05, 0.1) is 25.3 Å². The fourth-order valence-corrected chi connectivity index (χ4v) is 4.62. The van der Waals surface area contributed by atoms with Crippen LogP contribution >= 0.6 is 0 Å². The summed E-state index contributed by atoms with van der Waals surface area (Å²) < 4.78 is 11.2. The van der Waals surface area contributed by atoms with Crippen LogP contribution in [0.1, 0.15) is 41.6 Å². The molecule has 0 saturated carbocycles. The summed E-state index contributed by atoms with van der Waals surface area (Å²) in [4.78, 5) is 28.6. The van der Waals surface area contributed by atoms with Gasteiger partial charge >= 0.3 is 0 Å². The second-order valence-corrected chi connectivity index (χ2v) is 8.81. The van der Waals surface area contributed by atoms with Crippen LogP contribution in [0.25, 0.3) is 0 Å². The molecular formula is C30H31NO5. The van der Waals surface area contributed by atoms with Gasteiger partial charge in [0.2, 0.25) is 0 Å². The van der Waals surface area contributed by atoms with Crippen molar-refractivity contribution in [1.82, 2.24) is 0 Å². The summed E-state index contributed by atoms with van der Waals surface area (Å²) in [6, 6.07) is 19.9. The number of aliphatic hydroxyl groups excluding tert-OH is 1. The predicted molar refractivity (Wildman–Crippen MR) is 140 cm³/mol. The highest BCUT2D eigenvalue weighted by Gasteiger charge is 2.44. The molecule has 1 aliphatic rings. The zero-order valence-electron chi connectivity index (χ0n) is 21.1. The first-order valence-electron chi connectivity index (χ1n) is 12.1. The van der Waals surface area contributed by atoms with Crippen LogP contribution in [0.3, 0.4) is 0 Å². The predicted octanol–water partition coefficient (Wildman–Crippen LogP) is 5.81. The number of anilines is 1. The van der Waals surface area contributed by atoms with Gasteiger partial charge in [-0.05, 0) is 67.6 Å². The SMILES string of the molecule is CCOc1cc(C2C(C(=O)CCc3ccccc3)=C(O)C(=O)N2c2cccc(C)c2C)ccc1OC. The van der Waals surface area contributed by atoms with Crippen molar-refractivity contribution in [1.29, 1.82) is 0 Å². The van der Waals surface area contributed by atoms with Crippen molar-refractivity contribution in [2.75, 3.05) is 18.6 Å². The molecule has 0 aliphatic carbocycles. The monoisotopic (exact) mass is 485 g/mol. The maximum absolute atomic E-state index is 13.6. The van der Waals surface area contributed by atoms with Crippen molar-refractivity contribution in [2.45, 2.75) is 39.7 Å². The van der Waals surface area contributed by atoms with E-state index in [1.54, 1.807) is 25.3 Å². The Hall–Kier alpha value is -4.06. The average Bonchev–Trinajstić information content (AvgIpc) is 3.15. The van der Waals surface area contributed by atoms with Gasteiger partial charge in [-0.2, -0.15) is 0 Å². The lowest BCUT2D eigenvalue weighted by atomic mass is 9.92. The number of methoxy groups -OCH3 is 1. The Balaban J connectivity index is 1.81. The van der Waals surface area contributed by atoms with Gasteiger partial charge in [0.25, 0.3) is 5.91 Å². The van der Waals surface area contributed by atoms with E-state index in [1.165, 1.54) is 4.90 Å². The molecule has 1 atom stereocenters. The van der Waals surface area contributed by atoms with Crippen LogP contribution in [0.2, 0.25) is 0 Å². The van der Waals surface area contributed by atoms with E-state index >= 15 is 0 Å². The number of hydrogen-bond acceptors (Lipinski definition) is 5. The Morgan fingerprint density at radius 3 is 2.44 bits per heavy atom. The number of rotatable bonds is 9. The molecule has 6 nitrogen and oxygen atoms in total. The molecule has 4 rings (SSSR count). The van der Waals surface area contributed by atoms with Crippen LogP contribution in [0.4, 0.5) is 5.69 Å². The standard InChI is InChI=1S/C30H31NO5/c1-5-36-26-18-22(15-17-25(26)35-4)28-27(24(32)16-14-21-11-7-6-8-12-21)29(33)30(34)31(28)23-13-9-10-19(2)20(23)3/h6-13,15,17-18,28,33H,5,14,16H2,1-4H3. The van der Waals surface area contributed by atoms with Gasteiger partial charge in [-0.3, -0.25) is 14.5 Å². The van der Waals surface area contributed by atoms with Crippen LogP contribution in [-0.2, 0) is 16.0 Å². The summed E-state index contributed by atoms with van der Waals surface area (Å²) in [6.45, 7) is 6.20. The van der Waals surface area contributed by atoms with Crippen molar-refractivity contribution in [3.63, 3.8) is 0 Å². The summed E-state index contributed by atoms with van der Waals surface area (Å²) in [5.74, 6) is -0.309. The molecule has 3 aromatic carbocycles. The Morgan fingerprint density at radius 1 is 1.00 bits per heavy atom. The lowest BCUT2D eigenvalue weighted by Crippen LogP contribution is -2.31. The summed E-state index contributed by atoms with van der Waals surface area (Å²) in [5, 5.41) is 11.0. The van der Waals surface area contributed by atoms with Gasteiger partial charge < -0.3 is 14.6 Å². The van der Waals surface area contributed by atoms with Gasteiger partial charge in [-0.25, -0.2) is 0 Å². The molecule has 6 heteroatoms. The first-order chi connectivity index (χ1) is 17.4. The molecule has 1 unspecified atom stereocenters. The smallest absolute Gasteiger partial charge is 0.294 e. The number of ketones is 1. The quantitative estimate of drug-likeness (QED) is 0.414. The third-order valence-corrected chi connectivity index (χ3v) is 6.63. The van der Waals surface area contributed by atoms with Crippen molar-refractivity contribution in [3.05, 3.63) is 100 Å². The number of hydrogen-bond donors (Lipinski definition) is 1. The number of aryl methyl sites for hydroxylation is 2. The average molecular weight is 486 g/mol. The third-order valence-electron chi connectivity index (χ3n) is 6.63. The fraction of sp³-hybridized carbons (Fsp3) is 0.267. The summed E-state index contributed by atoms with van der Waals surface area (Å²) in [7, 11) is 1.56.